The first-order chi connectivity index (χ1) is 7.54. The van der Waals surface area contributed by atoms with Crippen LogP contribution in [0.25, 0.3) is 0 Å². The third kappa shape index (κ3) is 3.46. The van der Waals surface area contributed by atoms with Crippen molar-refractivity contribution >= 4 is 17.4 Å². The number of thioether (sulfide) groups is 1. The molecule has 0 saturated carbocycles. The predicted octanol–water partition coefficient (Wildman–Crippen LogP) is 2.31. The highest BCUT2D eigenvalue weighted by atomic mass is 32.2. The van der Waals surface area contributed by atoms with Crippen LogP contribution in [0.1, 0.15) is 12.5 Å². The Morgan fingerprint density at radius 1 is 1.62 bits per heavy atom. The van der Waals surface area contributed by atoms with Crippen LogP contribution in [0.3, 0.4) is 0 Å². The highest BCUT2D eigenvalue weighted by Crippen LogP contribution is 2.22. The fourth-order valence-electron chi connectivity index (χ4n) is 1.09. The van der Waals surface area contributed by atoms with Crippen LogP contribution in [-0.2, 0) is 5.75 Å². The molecule has 0 amide bonds. The predicted molar refractivity (Wildman–Crippen MR) is 62.9 cm³/mol. The molecule has 4 nitrogen and oxygen atoms in total. The Morgan fingerprint density at radius 3 is 2.81 bits per heavy atom. The fourth-order valence-corrected chi connectivity index (χ4v) is 1.89. The Labute approximate surface area is 97.2 Å². The van der Waals surface area contributed by atoms with Gasteiger partial charge in [0.2, 0.25) is 5.82 Å². The first-order valence-corrected chi connectivity index (χ1v) is 5.84. The lowest BCUT2D eigenvalue weighted by atomic mass is 10.2. The number of hydrogen-bond donors (Lipinski definition) is 1. The summed E-state index contributed by atoms with van der Waals surface area (Å²) in [6.45, 7) is 2.53. The van der Waals surface area contributed by atoms with Crippen molar-refractivity contribution in [3.63, 3.8) is 0 Å². The molecule has 0 aliphatic heterocycles. The molecule has 2 N–H and O–H groups in total. The normalized spacial score (nSPS) is 12.4. The van der Waals surface area contributed by atoms with E-state index in [-0.39, 0.29) is 0 Å². The minimum Gasteiger partial charge on any atom is -0.329 e. The molecule has 0 aliphatic carbocycles. The van der Waals surface area contributed by atoms with E-state index >= 15 is 0 Å². The van der Waals surface area contributed by atoms with Gasteiger partial charge < -0.3 is 5.73 Å². The van der Waals surface area contributed by atoms with E-state index in [1.54, 1.807) is 17.8 Å². The molecule has 0 spiro atoms. The molecule has 6 heteroatoms. The van der Waals surface area contributed by atoms with Gasteiger partial charge in [-0.15, -0.1) is 0 Å². The SMILES string of the molecule is CC(CN)SCc1ccc([N+](=O)[O-])c(F)c1. The molecular weight excluding hydrogens is 231 g/mol. The third-order valence-electron chi connectivity index (χ3n) is 2.08. The van der Waals surface area contributed by atoms with Gasteiger partial charge in [0, 0.05) is 23.6 Å². The highest BCUT2D eigenvalue weighted by Gasteiger charge is 2.13. The van der Waals surface area contributed by atoms with Crippen LogP contribution in [0, 0.1) is 15.9 Å². The Bertz CT molecular complexity index is 387. The second kappa shape index (κ2) is 5.81. The van der Waals surface area contributed by atoms with Crippen molar-refractivity contribution in [2.75, 3.05) is 6.54 Å². The van der Waals surface area contributed by atoms with E-state index in [0.717, 1.165) is 5.56 Å². The lowest BCUT2D eigenvalue weighted by Gasteiger charge is -2.07. The molecule has 0 bridgehead atoms. The van der Waals surface area contributed by atoms with Crippen molar-refractivity contribution in [2.24, 2.45) is 5.73 Å². The maximum absolute atomic E-state index is 13.2. The smallest absolute Gasteiger partial charge is 0.304 e. The molecule has 1 aromatic rings. The van der Waals surface area contributed by atoms with Crippen LogP contribution in [0.2, 0.25) is 0 Å². The minimum absolute atomic E-state index is 0.290. The molecule has 16 heavy (non-hydrogen) atoms. The molecular formula is C10H13FN2O2S. The molecule has 0 aliphatic rings. The van der Waals surface area contributed by atoms with E-state index in [9.17, 15) is 14.5 Å². The zero-order chi connectivity index (χ0) is 12.1. The largest absolute Gasteiger partial charge is 0.329 e. The number of nitrogens with two attached hydrogens (primary N) is 1. The third-order valence-corrected chi connectivity index (χ3v) is 3.34. The number of hydrogen-bond acceptors (Lipinski definition) is 4. The highest BCUT2D eigenvalue weighted by molar-refractivity contribution is 7.99. The van der Waals surface area contributed by atoms with Gasteiger partial charge in [-0.25, -0.2) is 0 Å². The molecule has 0 radical (unpaired) electrons. The molecule has 0 saturated heterocycles. The molecule has 0 fully saturated rings. The zero-order valence-corrected chi connectivity index (χ0v) is 9.67. The zero-order valence-electron chi connectivity index (χ0n) is 8.85. The Morgan fingerprint density at radius 2 is 2.31 bits per heavy atom. The summed E-state index contributed by atoms with van der Waals surface area (Å²) in [5.74, 6) is -0.184. The topological polar surface area (TPSA) is 69.2 Å². The summed E-state index contributed by atoms with van der Waals surface area (Å²) in [6, 6.07) is 3.96. The maximum Gasteiger partial charge on any atom is 0.304 e. The molecule has 1 atom stereocenters. The van der Waals surface area contributed by atoms with Crippen molar-refractivity contribution in [2.45, 2.75) is 17.9 Å². The van der Waals surface area contributed by atoms with Gasteiger partial charge in [-0.05, 0) is 11.6 Å². The van der Waals surface area contributed by atoms with Gasteiger partial charge in [-0.2, -0.15) is 16.2 Å². The van der Waals surface area contributed by atoms with Crippen LogP contribution in [0.5, 0.6) is 0 Å². The second-order valence-corrected chi connectivity index (χ2v) is 4.83. The van der Waals surface area contributed by atoms with E-state index < -0.39 is 16.4 Å². The number of halogens is 1. The minimum atomic E-state index is -0.788. The van der Waals surface area contributed by atoms with Crippen molar-refractivity contribution in [3.05, 3.63) is 39.7 Å². The van der Waals surface area contributed by atoms with Crippen LogP contribution in [-0.4, -0.2) is 16.7 Å². The Hall–Kier alpha value is -1.14. The number of rotatable bonds is 5. The molecule has 1 aromatic carbocycles. The van der Waals surface area contributed by atoms with Crippen molar-refractivity contribution in [1.82, 2.24) is 0 Å². The van der Waals surface area contributed by atoms with Crippen LogP contribution >= 0.6 is 11.8 Å². The van der Waals surface area contributed by atoms with E-state index in [4.69, 9.17) is 5.73 Å². The summed E-state index contributed by atoms with van der Waals surface area (Å²) in [7, 11) is 0. The van der Waals surface area contributed by atoms with Crippen LogP contribution in [0.15, 0.2) is 18.2 Å². The Balaban J connectivity index is 2.70. The van der Waals surface area contributed by atoms with Crippen molar-refractivity contribution < 1.29 is 9.31 Å². The van der Waals surface area contributed by atoms with Crippen molar-refractivity contribution in [1.29, 1.82) is 0 Å². The standard InChI is InChI=1S/C10H13FN2O2S/c1-7(5-12)16-6-8-2-3-10(13(14)15)9(11)4-8/h2-4,7H,5-6,12H2,1H3. The Kier molecular flexibility index (Phi) is 4.70. The first-order valence-electron chi connectivity index (χ1n) is 4.79. The van der Waals surface area contributed by atoms with Crippen LogP contribution in [0.4, 0.5) is 10.1 Å². The van der Waals surface area contributed by atoms with Gasteiger partial charge in [0.15, 0.2) is 0 Å². The lowest BCUT2D eigenvalue weighted by molar-refractivity contribution is -0.387. The fraction of sp³-hybridized carbons (Fsp3) is 0.400. The van der Waals surface area contributed by atoms with Gasteiger partial charge in [-0.3, -0.25) is 10.1 Å². The van der Waals surface area contributed by atoms with Gasteiger partial charge in [0.25, 0.3) is 0 Å². The van der Waals surface area contributed by atoms with Gasteiger partial charge in [-0.1, -0.05) is 13.0 Å². The monoisotopic (exact) mass is 244 g/mol. The van der Waals surface area contributed by atoms with E-state index in [1.165, 1.54) is 12.1 Å². The maximum atomic E-state index is 13.2. The van der Waals surface area contributed by atoms with Gasteiger partial charge in [0.05, 0.1) is 4.92 Å². The average Bonchev–Trinajstić information content (AvgIpc) is 2.25. The molecule has 88 valence electrons. The van der Waals surface area contributed by atoms with E-state index in [1.807, 2.05) is 6.92 Å². The second-order valence-electron chi connectivity index (χ2n) is 3.40. The molecule has 1 rings (SSSR count). The molecule has 1 unspecified atom stereocenters. The summed E-state index contributed by atoms with van der Waals surface area (Å²) >= 11 is 1.59. The first kappa shape index (κ1) is 12.9. The van der Waals surface area contributed by atoms with Crippen molar-refractivity contribution in [3.8, 4) is 0 Å². The summed E-state index contributed by atoms with van der Waals surface area (Å²) in [4.78, 5) is 9.66. The number of nitro benzene ring substituents is 1. The van der Waals surface area contributed by atoms with Gasteiger partial charge >= 0.3 is 5.69 Å². The lowest BCUT2D eigenvalue weighted by Crippen LogP contribution is -2.12. The summed E-state index contributed by atoms with van der Waals surface area (Å²) in [5, 5.41) is 10.7. The van der Waals surface area contributed by atoms with Gasteiger partial charge in [0.1, 0.15) is 0 Å². The number of benzene rings is 1. The quantitative estimate of drug-likeness (QED) is 0.637. The molecule has 0 aromatic heterocycles. The molecule has 0 heterocycles. The summed E-state index contributed by atoms with van der Waals surface area (Å²) in [5.41, 5.74) is 5.69. The van der Waals surface area contributed by atoms with E-state index in [2.05, 4.69) is 0 Å². The summed E-state index contributed by atoms with van der Waals surface area (Å²) < 4.78 is 13.2. The number of nitrogens with zero attached hydrogens (tertiary/aromatic N) is 1. The van der Waals surface area contributed by atoms with Crippen LogP contribution < -0.4 is 5.73 Å². The summed E-state index contributed by atoms with van der Waals surface area (Å²) in [6.07, 6.45) is 0. The van der Waals surface area contributed by atoms with E-state index in [0.29, 0.717) is 17.5 Å². The average molecular weight is 244 g/mol. The number of nitro groups is 1.